The van der Waals surface area contributed by atoms with Crippen molar-refractivity contribution in [1.82, 2.24) is 5.32 Å². The van der Waals surface area contributed by atoms with Gasteiger partial charge < -0.3 is 5.32 Å². The Bertz CT molecular complexity index is 211. The van der Waals surface area contributed by atoms with E-state index in [1.807, 2.05) is 0 Å². The van der Waals surface area contributed by atoms with E-state index in [9.17, 15) is 0 Å². The lowest BCUT2D eigenvalue weighted by atomic mass is 9.66. The fourth-order valence-electron chi connectivity index (χ4n) is 3.18. The highest BCUT2D eigenvalue weighted by Crippen LogP contribution is 2.45. The summed E-state index contributed by atoms with van der Waals surface area (Å²) in [4.78, 5) is 0. The quantitative estimate of drug-likeness (QED) is 0.664. The molecule has 1 N–H and O–H groups in total. The molecule has 0 atom stereocenters. The summed E-state index contributed by atoms with van der Waals surface area (Å²) in [5.74, 6) is 0. The Morgan fingerprint density at radius 2 is 2.07 bits per heavy atom. The molecule has 0 aromatic rings. The molecule has 1 aliphatic heterocycles. The first-order valence-corrected chi connectivity index (χ1v) is 6.28. The molecule has 1 nitrogen and oxygen atoms in total. The minimum absolute atomic E-state index is 0.589. The van der Waals surface area contributed by atoms with E-state index in [4.69, 9.17) is 0 Å². The maximum Gasteiger partial charge on any atom is 0.0170 e. The van der Waals surface area contributed by atoms with Gasteiger partial charge in [-0.15, -0.1) is 0 Å². The van der Waals surface area contributed by atoms with Crippen LogP contribution in [0.2, 0.25) is 0 Å². The third kappa shape index (κ3) is 1.88. The van der Waals surface area contributed by atoms with E-state index < -0.39 is 0 Å². The molecule has 0 saturated heterocycles. The monoisotopic (exact) mass is 193 g/mol. The Kier molecular flexibility index (Phi) is 3.27. The van der Waals surface area contributed by atoms with Gasteiger partial charge in [-0.05, 0) is 37.6 Å². The molecule has 80 valence electrons. The van der Waals surface area contributed by atoms with Gasteiger partial charge in [0.1, 0.15) is 0 Å². The van der Waals surface area contributed by atoms with Crippen LogP contribution in [0.15, 0.2) is 11.6 Å². The molecule has 1 heteroatoms. The molecule has 0 radical (unpaired) electrons. The van der Waals surface area contributed by atoms with E-state index in [0.717, 1.165) is 6.54 Å². The second-order valence-corrected chi connectivity index (χ2v) is 4.89. The Morgan fingerprint density at radius 1 is 1.29 bits per heavy atom. The molecule has 1 saturated carbocycles. The average molecular weight is 193 g/mol. The van der Waals surface area contributed by atoms with E-state index in [0.29, 0.717) is 5.41 Å². The molecule has 2 rings (SSSR count). The minimum Gasteiger partial charge on any atom is -0.313 e. The summed E-state index contributed by atoms with van der Waals surface area (Å²) in [5.41, 5.74) is 2.32. The highest BCUT2D eigenvalue weighted by Gasteiger charge is 2.33. The van der Waals surface area contributed by atoms with Crippen molar-refractivity contribution in [3.8, 4) is 0 Å². The van der Waals surface area contributed by atoms with Crippen molar-refractivity contribution in [2.75, 3.05) is 13.1 Å². The van der Waals surface area contributed by atoms with Crippen molar-refractivity contribution in [2.24, 2.45) is 5.41 Å². The van der Waals surface area contributed by atoms with Crippen LogP contribution in [0.5, 0.6) is 0 Å². The molecule has 0 bridgehead atoms. The molecular weight excluding hydrogens is 170 g/mol. The van der Waals surface area contributed by atoms with Crippen LogP contribution in [0.25, 0.3) is 0 Å². The van der Waals surface area contributed by atoms with Crippen molar-refractivity contribution in [2.45, 2.75) is 51.9 Å². The van der Waals surface area contributed by atoms with Crippen LogP contribution < -0.4 is 5.32 Å². The van der Waals surface area contributed by atoms with E-state index >= 15 is 0 Å². The van der Waals surface area contributed by atoms with Crippen LogP contribution in [-0.4, -0.2) is 13.1 Å². The second-order valence-electron chi connectivity index (χ2n) is 4.89. The van der Waals surface area contributed by atoms with Crippen molar-refractivity contribution >= 4 is 0 Å². The Labute approximate surface area is 88.0 Å². The normalized spacial score (nSPS) is 27.1. The second kappa shape index (κ2) is 4.48. The van der Waals surface area contributed by atoms with Crippen LogP contribution in [-0.2, 0) is 0 Å². The van der Waals surface area contributed by atoms with Gasteiger partial charge in [0.05, 0.1) is 0 Å². The predicted molar refractivity (Wildman–Crippen MR) is 61.4 cm³/mol. The molecule has 1 fully saturated rings. The summed E-state index contributed by atoms with van der Waals surface area (Å²) in [7, 11) is 0. The SMILES string of the molecule is CCC1(C2=CCCNC2)CCCCC1. The van der Waals surface area contributed by atoms with Crippen molar-refractivity contribution in [3.63, 3.8) is 0 Å². The lowest BCUT2D eigenvalue weighted by Crippen LogP contribution is -2.34. The van der Waals surface area contributed by atoms with Gasteiger partial charge in [-0.25, -0.2) is 0 Å². The van der Waals surface area contributed by atoms with Crippen LogP contribution in [0, 0.1) is 5.41 Å². The molecule has 1 aliphatic carbocycles. The van der Waals surface area contributed by atoms with Gasteiger partial charge in [-0.2, -0.15) is 0 Å². The Balaban J connectivity index is 2.12. The van der Waals surface area contributed by atoms with Crippen molar-refractivity contribution < 1.29 is 0 Å². The van der Waals surface area contributed by atoms with E-state index in [1.165, 1.54) is 51.5 Å². The fraction of sp³-hybridized carbons (Fsp3) is 0.846. The van der Waals surface area contributed by atoms with Gasteiger partial charge in [-0.1, -0.05) is 37.8 Å². The summed E-state index contributed by atoms with van der Waals surface area (Å²) in [6, 6.07) is 0. The van der Waals surface area contributed by atoms with E-state index in [1.54, 1.807) is 5.57 Å². The van der Waals surface area contributed by atoms with E-state index in [-0.39, 0.29) is 0 Å². The summed E-state index contributed by atoms with van der Waals surface area (Å²) >= 11 is 0. The third-order valence-electron chi connectivity index (χ3n) is 4.20. The molecule has 1 heterocycles. The van der Waals surface area contributed by atoms with Crippen molar-refractivity contribution in [1.29, 1.82) is 0 Å². The standard InChI is InChI=1S/C13H23N/c1-2-13(8-4-3-5-9-13)12-7-6-10-14-11-12/h7,14H,2-6,8-11H2,1H3. The van der Waals surface area contributed by atoms with Gasteiger partial charge in [0, 0.05) is 6.54 Å². The Hall–Kier alpha value is -0.300. The van der Waals surface area contributed by atoms with Gasteiger partial charge in [0.15, 0.2) is 0 Å². The molecule has 0 amide bonds. The van der Waals surface area contributed by atoms with Crippen LogP contribution in [0.1, 0.15) is 51.9 Å². The molecule has 0 spiro atoms. The molecule has 0 aromatic carbocycles. The summed E-state index contributed by atoms with van der Waals surface area (Å²) < 4.78 is 0. The maximum absolute atomic E-state index is 3.52. The summed E-state index contributed by atoms with van der Waals surface area (Å²) in [6.45, 7) is 4.72. The minimum atomic E-state index is 0.589. The average Bonchev–Trinajstić information content (AvgIpc) is 2.31. The largest absolute Gasteiger partial charge is 0.313 e. The van der Waals surface area contributed by atoms with Crippen LogP contribution in [0.4, 0.5) is 0 Å². The number of rotatable bonds is 2. The Morgan fingerprint density at radius 3 is 2.64 bits per heavy atom. The first-order valence-electron chi connectivity index (χ1n) is 6.28. The number of hydrogen-bond donors (Lipinski definition) is 1. The van der Waals surface area contributed by atoms with Gasteiger partial charge in [-0.3, -0.25) is 0 Å². The first-order chi connectivity index (χ1) is 6.87. The number of hydrogen-bond acceptors (Lipinski definition) is 1. The zero-order valence-corrected chi connectivity index (χ0v) is 9.44. The van der Waals surface area contributed by atoms with E-state index in [2.05, 4.69) is 18.3 Å². The van der Waals surface area contributed by atoms with Crippen LogP contribution >= 0.6 is 0 Å². The first kappa shape index (κ1) is 10.2. The maximum atomic E-state index is 3.52. The van der Waals surface area contributed by atoms with Gasteiger partial charge in [0.2, 0.25) is 0 Å². The van der Waals surface area contributed by atoms with Gasteiger partial charge in [0.25, 0.3) is 0 Å². The zero-order valence-electron chi connectivity index (χ0n) is 9.44. The van der Waals surface area contributed by atoms with Gasteiger partial charge >= 0.3 is 0 Å². The fourth-order valence-corrected chi connectivity index (χ4v) is 3.18. The lowest BCUT2D eigenvalue weighted by Gasteiger charge is -2.40. The molecule has 0 aromatic heterocycles. The zero-order chi connectivity index (χ0) is 9.86. The molecule has 14 heavy (non-hydrogen) atoms. The predicted octanol–water partition coefficient (Wildman–Crippen LogP) is 3.27. The molecule has 2 aliphatic rings. The van der Waals surface area contributed by atoms with Crippen molar-refractivity contribution in [3.05, 3.63) is 11.6 Å². The number of nitrogens with one attached hydrogen (secondary N) is 1. The molecular formula is C13H23N. The summed E-state index contributed by atoms with van der Waals surface area (Å²) in [6.07, 6.45) is 12.4. The molecule has 0 unspecified atom stereocenters. The highest BCUT2D eigenvalue weighted by atomic mass is 14.9. The van der Waals surface area contributed by atoms with Crippen LogP contribution in [0.3, 0.4) is 0 Å². The third-order valence-corrected chi connectivity index (χ3v) is 4.20. The lowest BCUT2D eigenvalue weighted by molar-refractivity contribution is 0.223. The topological polar surface area (TPSA) is 12.0 Å². The smallest absolute Gasteiger partial charge is 0.0170 e. The summed E-state index contributed by atoms with van der Waals surface area (Å²) in [5, 5.41) is 3.52. The highest BCUT2D eigenvalue weighted by molar-refractivity contribution is 5.19.